The van der Waals surface area contributed by atoms with Crippen LogP contribution in [0.25, 0.3) is 0 Å². The number of ether oxygens (including phenoxy) is 2. The fraction of sp³-hybridized carbons (Fsp3) is 0.581. The molecule has 5 atom stereocenters. The fourth-order valence-corrected chi connectivity index (χ4v) is 6.80. The first-order valence-electron chi connectivity index (χ1n) is 14.0. The molecule has 1 spiro atoms. The summed E-state index contributed by atoms with van der Waals surface area (Å²) in [6.07, 6.45) is 6.93. The average molecular weight is 539 g/mol. The number of rotatable bonds is 13. The van der Waals surface area contributed by atoms with E-state index in [0.717, 1.165) is 23.2 Å². The van der Waals surface area contributed by atoms with Crippen LogP contribution >= 0.6 is 0 Å². The Labute approximate surface area is 231 Å². The maximum atomic E-state index is 14.6. The van der Waals surface area contributed by atoms with Crippen molar-refractivity contribution in [1.29, 1.82) is 0 Å². The largest absolute Gasteiger partial charge is 0.465 e. The van der Waals surface area contributed by atoms with Crippen LogP contribution < -0.4 is 4.90 Å². The van der Waals surface area contributed by atoms with Gasteiger partial charge in [0.05, 0.1) is 18.1 Å². The molecule has 3 saturated heterocycles. The molecule has 0 aliphatic carbocycles. The third-order valence-electron chi connectivity index (χ3n) is 8.62. The lowest BCUT2D eigenvalue weighted by atomic mass is 9.66. The molecule has 39 heavy (non-hydrogen) atoms. The minimum Gasteiger partial charge on any atom is -0.465 e. The van der Waals surface area contributed by atoms with Crippen molar-refractivity contribution < 1.29 is 29.0 Å². The average Bonchev–Trinajstić information content (AvgIpc) is 3.47. The Morgan fingerprint density at radius 3 is 2.67 bits per heavy atom. The van der Waals surface area contributed by atoms with Crippen LogP contribution in [-0.4, -0.2) is 71.3 Å². The second-order valence-corrected chi connectivity index (χ2v) is 11.3. The number of hydrogen-bond donors (Lipinski definition) is 1. The maximum Gasteiger partial charge on any atom is 0.312 e. The van der Waals surface area contributed by atoms with E-state index in [1.54, 1.807) is 22.0 Å². The number of unbranched alkanes of at least 4 members (excludes halogenated alkanes) is 2. The monoisotopic (exact) mass is 538 g/mol. The van der Waals surface area contributed by atoms with Gasteiger partial charge in [0.25, 0.3) is 5.91 Å². The highest BCUT2D eigenvalue weighted by atomic mass is 16.6. The molecule has 3 aliphatic rings. The fourth-order valence-electron chi connectivity index (χ4n) is 6.80. The Hall–Kier alpha value is -2.97. The van der Waals surface area contributed by atoms with Crippen LogP contribution in [0.5, 0.6) is 0 Å². The van der Waals surface area contributed by atoms with Crippen molar-refractivity contribution in [2.24, 2.45) is 11.8 Å². The Bertz CT molecular complexity index is 1130. The van der Waals surface area contributed by atoms with Crippen molar-refractivity contribution in [2.45, 2.75) is 76.5 Å². The number of benzene rings is 1. The number of aliphatic hydroxyl groups is 1. The first-order valence-corrected chi connectivity index (χ1v) is 14.0. The smallest absolute Gasteiger partial charge is 0.312 e. The van der Waals surface area contributed by atoms with Crippen molar-refractivity contribution in [2.75, 3.05) is 31.2 Å². The van der Waals surface area contributed by atoms with Crippen LogP contribution in [0.4, 0.5) is 5.69 Å². The van der Waals surface area contributed by atoms with Crippen LogP contribution in [-0.2, 0) is 23.9 Å². The summed E-state index contributed by atoms with van der Waals surface area (Å²) in [5, 5.41) is 9.26. The van der Waals surface area contributed by atoms with Crippen LogP contribution in [0.3, 0.4) is 0 Å². The van der Waals surface area contributed by atoms with E-state index >= 15 is 0 Å². The second kappa shape index (κ2) is 11.6. The highest BCUT2D eigenvalue weighted by Crippen LogP contribution is 2.63. The lowest BCUT2D eigenvalue weighted by Gasteiger charge is -2.37. The van der Waals surface area contributed by atoms with Gasteiger partial charge in [-0.1, -0.05) is 24.3 Å². The van der Waals surface area contributed by atoms with Gasteiger partial charge in [-0.2, -0.15) is 0 Å². The molecule has 0 saturated carbocycles. The van der Waals surface area contributed by atoms with E-state index < -0.39 is 35.0 Å². The van der Waals surface area contributed by atoms with Crippen LogP contribution in [0.1, 0.15) is 56.6 Å². The van der Waals surface area contributed by atoms with E-state index in [1.807, 2.05) is 39.0 Å². The zero-order valence-corrected chi connectivity index (χ0v) is 23.5. The summed E-state index contributed by atoms with van der Waals surface area (Å²) in [6, 6.07) is 5.08. The highest BCUT2D eigenvalue weighted by Gasteiger charge is 2.78. The number of hydrogen-bond acceptors (Lipinski definition) is 6. The molecule has 0 aromatic heterocycles. The van der Waals surface area contributed by atoms with Gasteiger partial charge in [0.15, 0.2) is 0 Å². The third-order valence-corrected chi connectivity index (χ3v) is 8.62. The summed E-state index contributed by atoms with van der Waals surface area (Å²) in [4.78, 5) is 45.5. The molecule has 2 amide bonds. The quantitative estimate of drug-likeness (QED) is 0.233. The van der Waals surface area contributed by atoms with Gasteiger partial charge in [0.2, 0.25) is 5.91 Å². The third kappa shape index (κ3) is 5.05. The SMILES string of the molecule is C=CCCOC(=O)[C@@H]1[C@H]2C(=O)N(CCCCCO)C(C(=O)N(CC=C)c3cc(C)ccc3C)C23CC[C@@]1(C)O3. The maximum absolute atomic E-state index is 14.6. The summed E-state index contributed by atoms with van der Waals surface area (Å²) < 4.78 is 12.3. The summed E-state index contributed by atoms with van der Waals surface area (Å²) in [6.45, 7) is 14.3. The normalized spacial score (nSPS) is 28.9. The minimum absolute atomic E-state index is 0.0721. The van der Waals surface area contributed by atoms with E-state index in [4.69, 9.17) is 9.47 Å². The van der Waals surface area contributed by atoms with E-state index in [0.29, 0.717) is 38.6 Å². The number of aryl methyl sites for hydroxylation is 2. The Balaban J connectivity index is 1.76. The summed E-state index contributed by atoms with van der Waals surface area (Å²) in [5.41, 5.74) is 0.738. The van der Waals surface area contributed by atoms with E-state index in [-0.39, 0.29) is 31.6 Å². The molecule has 1 aromatic rings. The van der Waals surface area contributed by atoms with Gasteiger partial charge in [-0.05, 0) is 76.5 Å². The number of esters is 1. The number of aliphatic hydroxyl groups excluding tert-OH is 1. The molecule has 0 radical (unpaired) electrons. The second-order valence-electron chi connectivity index (χ2n) is 11.3. The van der Waals surface area contributed by atoms with Crippen molar-refractivity contribution in [3.05, 3.63) is 54.6 Å². The number of amides is 2. The van der Waals surface area contributed by atoms with Gasteiger partial charge in [0, 0.05) is 25.4 Å². The first-order chi connectivity index (χ1) is 18.6. The van der Waals surface area contributed by atoms with E-state index in [2.05, 4.69) is 13.2 Å². The van der Waals surface area contributed by atoms with Gasteiger partial charge >= 0.3 is 5.97 Å². The molecule has 2 bridgehead atoms. The topological polar surface area (TPSA) is 96.4 Å². The lowest BCUT2D eigenvalue weighted by Crippen LogP contribution is -2.56. The molecule has 1 N–H and O–H groups in total. The van der Waals surface area contributed by atoms with Gasteiger partial charge < -0.3 is 24.4 Å². The lowest BCUT2D eigenvalue weighted by molar-refractivity contribution is -0.159. The van der Waals surface area contributed by atoms with Crippen molar-refractivity contribution >= 4 is 23.5 Å². The summed E-state index contributed by atoms with van der Waals surface area (Å²) >= 11 is 0. The van der Waals surface area contributed by atoms with Crippen LogP contribution in [0.15, 0.2) is 43.5 Å². The number of fused-ring (bicyclic) bond motifs is 1. The molecular formula is C31H42N2O6. The predicted octanol–water partition coefficient (Wildman–Crippen LogP) is 3.87. The first kappa shape index (κ1) is 29.0. The standard InChI is InChI=1S/C31H42N2O6/c1-6-8-19-38-29(37)25-24-27(35)33(17-10-9-11-18-34)26(31(24)15-14-30(25,5)39-31)28(36)32(16-7-2)23-20-21(3)12-13-22(23)4/h6-7,12-13,20,24-26,34H,1-2,8-11,14-19H2,3-5H3/t24-,25-,26?,30+,31?/m0/s1. The van der Waals surface area contributed by atoms with E-state index in [1.165, 1.54) is 0 Å². The number of carbonyl (C=O) groups is 3. The molecule has 8 nitrogen and oxygen atoms in total. The van der Waals surface area contributed by atoms with Gasteiger partial charge in [-0.25, -0.2) is 0 Å². The van der Waals surface area contributed by atoms with Crippen molar-refractivity contribution in [3.63, 3.8) is 0 Å². The Kier molecular flexibility index (Phi) is 8.66. The van der Waals surface area contributed by atoms with Crippen LogP contribution in [0.2, 0.25) is 0 Å². The van der Waals surface area contributed by atoms with E-state index in [9.17, 15) is 19.5 Å². The zero-order chi connectivity index (χ0) is 28.4. The molecular weight excluding hydrogens is 496 g/mol. The molecule has 3 fully saturated rings. The Morgan fingerprint density at radius 2 is 1.97 bits per heavy atom. The molecule has 3 heterocycles. The number of nitrogens with zero attached hydrogens (tertiary/aromatic N) is 2. The van der Waals surface area contributed by atoms with Gasteiger partial charge in [0.1, 0.15) is 17.6 Å². The van der Waals surface area contributed by atoms with Gasteiger partial charge in [-0.15, -0.1) is 13.2 Å². The highest BCUT2D eigenvalue weighted by molar-refractivity contribution is 6.05. The van der Waals surface area contributed by atoms with Crippen molar-refractivity contribution in [1.82, 2.24) is 4.90 Å². The Morgan fingerprint density at radius 1 is 1.21 bits per heavy atom. The summed E-state index contributed by atoms with van der Waals surface area (Å²) in [5.74, 6) is -2.49. The van der Waals surface area contributed by atoms with Crippen LogP contribution in [0, 0.1) is 25.7 Å². The van der Waals surface area contributed by atoms with Gasteiger partial charge in [-0.3, -0.25) is 14.4 Å². The summed E-state index contributed by atoms with van der Waals surface area (Å²) in [7, 11) is 0. The molecule has 8 heteroatoms. The number of carbonyl (C=O) groups excluding carboxylic acids is 3. The molecule has 212 valence electrons. The molecule has 3 aliphatic heterocycles. The molecule has 1 aromatic carbocycles. The molecule has 4 rings (SSSR count). The number of likely N-dealkylation sites (tertiary alicyclic amines) is 1. The molecule has 2 unspecified atom stereocenters. The minimum atomic E-state index is -1.11. The number of anilines is 1. The predicted molar refractivity (Wildman–Crippen MR) is 149 cm³/mol. The van der Waals surface area contributed by atoms with Crippen molar-refractivity contribution in [3.8, 4) is 0 Å². The zero-order valence-electron chi connectivity index (χ0n) is 23.5.